The Morgan fingerprint density at radius 1 is 0.880 bits per heavy atom. The van der Waals surface area contributed by atoms with Crippen molar-refractivity contribution in [2.24, 2.45) is 0 Å². The van der Waals surface area contributed by atoms with Crippen LogP contribution >= 0.6 is 15.9 Å². The molecule has 2 aromatic carbocycles. The van der Waals surface area contributed by atoms with Gasteiger partial charge in [0.15, 0.2) is 0 Å². The molecular formula is C16H17BrN2O4S2. The molecule has 134 valence electrons. The van der Waals surface area contributed by atoms with Gasteiger partial charge in [0.25, 0.3) is 10.0 Å². The number of nitrogens with zero attached hydrogens (tertiary/aromatic N) is 1. The third-order valence-electron chi connectivity index (χ3n) is 3.91. The van der Waals surface area contributed by atoms with Crippen molar-refractivity contribution >= 4 is 41.7 Å². The number of nitrogens with one attached hydrogen (secondary N) is 1. The number of sulfonamides is 2. The number of hydrogen-bond acceptors (Lipinski definition) is 4. The van der Waals surface area contributed by atoms with Crippen molar-refractivity contribution in [3.05, 3.63) is 53.0 Å². The van der Waals surface area contributed by atoms with Gasteiger partial charge in [0, 0.05) is 23.2 Å². The average Bonchev–Trinajstić information content (AvgIpc) is 3.10. The number of hydrogen-bond donors (Lipinski definition) is 1. The SMILES string of the molecule is O=S(=O)(Nc1cccc(Br)c1)c1ccc(S(=O)(=O)N2CCCC2)cc1. The zero-order chi connectivity index (χ0) is 18.1. The summed E-state index contributed by atoms with van der Waals surface area (Å²) in [6, 6.07) is 12.1. The van der Waals surface area contributed by atoms with Gasteiger partial charge in [-0.15, -0.1) is 0 Å². The van der Waals surface area contributed by atoms with Gasteiger partial charge in [-0.1, -0.05) is 22.0 Å². The molecule has 0 spiro atoms. The van der Waals surface area contributed by atoms with Crippen LogP contribution in [0.1, 0.15) is 12.8 Å². The first kappa shape index (κ1) is 18.4. The van der Waals surface area contributed by atoms with E-state index in [0.717, 1.165) is 17.3 Å². The van der Waals surface area contributed by atoms with Crippen molar-refractivity contribution < 1.29 is 16.8 Å². The van der Waals surface area contributed by atoms with E-state index in [-0.39, 0.29) is 9.79 Å². The monoisotopic (exact) mass is 444 g/mol. The summed E-state index contributed by atoms with van der Waals surface area (Å²) in [6.45, 7) is 1.01. The standard InChI is InChI=1S/C16H17BrN2O4S2/c17-13-4-3-5-14(12-13)18-24(20,21)15-6-8-16(9-7-15)25(22,23)19-10-1-2-11-19/h3-9,12,18H,1-2,10-11H2. The van der Waals surface area contributed by atoms with Crippen LogP contribution in [0.3, 0.4) is 0 Å². The first-order valence-electron chi connectivity index (χ1n) is 7.68. The van der Waals surface area contributed by atoms with Crippen LogP contribution in [0.15, 0.2) is 62.8 Å². The van der Waals surface area contributed by atoms with Crippen LogP contribution in [0.4, 0.5) is 5.69 Å². The Balaban J connectivity index is 1.84. The van der Waals surface area contributed by atoms with E-state index in [2.05, 4.69) is 20.7 Å². The van der Waals surface area contributed by atoms with E-state index in [0.29, 0.717) is 18.8 Å². The third-order valence-corrected chi connectivity index (χ3v) is 7.72. The molecule has 0 aliphatic carbocycles. The van der Waals surface area contributed by atoms with Gasteiger partial charge >= 0.3 is 0 Å². The molecule has 0 saturated carbocycles. The molecular weight excluding hydrogens is 428 g/mol. The van der Waals surface area contributed by atoms with Crippen molar-refractivity contribution in [2.45, 2.75) is 22.6 Å². The van der Waals surface area contributed by atoms with Gasteiger partial charge in [-0.25, -0.2) is 16.8 Å². The Hall–Kier alpha value is -1.42. The number of anilines is 1. The molecule has 3 rings (SSSR count). The van der Waals surface area contributed by atoms with Gasteiger partial charge in [0.2, 0.25) is 10.0 Å². The molecule has 0 bridgehead atoms. The van der Waals surface area contributed by atoms with E-state index in [1.807, 2.05) is 0 Å². The maximum atomic E-state index is 12.5. The minimum Gasteiger partial charge on any atom is -0.280 e. The van der Waals surface area contributed by atoms with Crippen LogP contribution in [0.5, 0.6) is 0 Å². The molecule has 1 N–H and O–H groups in total. The summed E-state index contributed by atoms with van der Waals surface area (Å²) in [5.74, 6) is 0. The molecule has 1 saturated heterocycles. The molecule has 1 heterocycles. The van der Waals surface area contributed by atoms with Gasteiger partial charge in [-0.3, -0.25) is 4.72 Å². The molecule has 2 aromatic rings. The highest BCUT2D eigenvalue weighted by Gasteiger charge is 2.27. The molecule has 0 unspecified atom stereocenters. The first-order chi connectivity index (χ1) is 11.8. The third kappa shape index (κ3) is 4.05. The molecule has 6 nitrogen and oxygen atoms in total. The average molecular weight is 445 g/mol. The van der Waals surface area contributed by atoms with Crippen LogP contribution < -0.4 is 4.72 Å². The fourth-order valence-corrected chi connectivity index (χ4v) is 5.60. The van der Waals surface area contributed by atoms with E-state index < -0.39 is 20.0 Å². The summed E-state index contributed by atoms with van der Waals surface area (Å²) in [6.07, 6.45) is 1.70. The minimum absolute atomic E-state index is 0.00727. The van der Waals surface area contributed by atoms with Crippen LogP contribution in [0.25, 0.3) is 0 Å². The quantitative estimate of drug-likeness (QED) is 0.767. The van der Waals surface area contributed by atoms with Crippen molar-refractivity contribution in [1.29, 1.82) is 0 Å². The van der Waals surface area contributed by atoms with Gasteiger partial charge in [0.1, 0.15) is 0 Å². The maximum Gasteiger partial charge on any atom is 0.261 e. The Bertz CT molecular complexity index is 967. The molecule has 0 aromatic heterocycles. The van der Waals surface area contributed by atoms with Crippen molar-refractivity contribution in [1.82, 2.24) is 4.31 Å². The maximum absolute atomic E-state index is 12.5. The van der Waals surface area contributed by atoms with Crippen LogP contribution in [0, 0.1) is 0 Å². The highest BCUT2D eigenvalue weighted by atomic mass is 79.9. The van der Waals surface area contributed by atoms with Gasteiger partial charge in [-0.2, -0.15) is 4.31 Å². The summed E-state index contributed by atoms with van der Waals surface area (Å²) in [5, 5.41) is 0. The van der Waals surface area contributed by atoms with Gasteiger partial charge < -0.3 is 0 Å². The topological polar surface area (TPSA) is 83.5 Å². The highest BCUT2D eigenvalue weighted by molar-refractivity contribution is 9.10. The summed E-state index contributed by atoms with van der Waals surface area (Å²) >= 11 is 3.28. The van der Waals surface area contributed by atoms with E-state index in [9.17, 15) is 16.8 Å². The summed E-state index contributed by atoms with van der Waals surface area (Å²) in [4.78, 5) is 0.114. The second kappa shape index (κ2) is 7.06. The van der Waals surface area contributed by atoms with Crippen molar-refractivity contribution in [3.8, 4) is 0 Å². The lowest BCUT2D eigenvalue weighted by Gasteiger charge is -2.15. The number of rotatable bonds is 5. The molecule has 25 heavy (non-hydrogen) atoms. The lowest BCUT2D eigenvalue weighted by atomic mass is 10.3. The molecule has 0 radical (unpaired) electrons. The Kier molecular flexibility index (Phi) is 5.19. The summed E-state index contributed by atoms with van der Waals surface area (Å²) < 4.78 is 54.5. The predicted octanol–water partition coefficient (Wildman–Crippen LogP) is 3.03. The van der Waals surface area contributed by atoms with Crippen LogP contribution in [-0.2, 0) is 20.0 Å². The fraction of sp³-hybridized carbons (Fsp3) is 0.250. The predicted molar refractivity (Wildman–Crippen MR) is 99.4 cm³/mol. The van der Waals surface area contributed by atoms with Crippen molar-refractivity contribution in [2.75, 3.05) is 17.8 Å². The molecule has 1 aliphatic heterocycles. The summed E-state index contributed by atoms with van der Waals surface area (Å²) in [7, 11) is -7.34. The Morgan fingerprint density at radius 3 is 2.08 bits per heavy atom. The number of halogens is 1. The molecule has 1 fully saturated rings. The number of benzene rings is 2. The Labute approximate surface area is 156 Å². The minimum atomic E-state index is -3.79. The lowest BCUT2D eigenvalue weighted by molar-refractivity contribution is 0.477. The Morgan fingerprint density at radius 2 is 1.48 bits per heavy atom. The second-order valence-electron chi connectivity index (χ2n) is 5.70. The zero-order valence-corrected chi connectivity index (χ0v) is 16.4. The van der Waals surface area contributed by atoms with Gasteiger partial charge in [-0.05, 0) is 55.3 Å². The second-order valence-corrected chi connectivity index (χ2v) is 10.2. The highest BCUT2D eigenvalue weighted by Crippen LogP contribution is 2.24. The van der Waals surface area contributed by atoms with Crippen LogP contribution in [0.2, 0.25) is 0 Å². The van der Waals surface area contributed by atoms with Crippen molar-refractivity contribution in [3.63, 3.8) is 0 Å². The van der Waals surface area contributed by atoms with E-state index in [1.165, 1.54) is 28.6 Å². The molecule has 0 atom stereocenters. The molecule has 1 aliphatic rings. The lowest BCUT2D eigenvalue weighted by Crippen LogP contribution is -2.27. The van der Waals surface area contributed by atoms with E-state index in [4.69, 9.17) is 0 Å². The fourth-order valence-electron chi connectivity index (χ4n) is 2.63. The molecule has 0 amide bonds. The normalized spacial score (nSPS) is 16.0. The zero-order valence-electron chi connectivity index (χ0n) is 13.2. The van der Waals surface area contributed by atoms with Crippen LogP contribution in [-0.4, -0.2) is 34.2 Å². The van der Waals surface area contributed by atoms with Gasteiger partial charge in [0.05, 0.1) is 9.79 Å². The summed E-state index contributed by atoms with van der Waals surface area (Å²) in [5.41, 5.74) is 0.420. The smallest absolute Gasteiger partial charge is 0.261 e. The largest absolute Gasteiger partial charge is 0.280 e. The van der Waals surface area contributed by atoms with E-state index in [1.54, 1.807) is 24.3 Å². The van der Waals surface area contributed by atoms with E-state index >= 15 is 0 Å². The molecule has 9 heteroatoms. The first-order valence-corrected chi connectivity index (χ1v) is 11.4.